The molecule has 0 unspecified atom stereocenters. The zero-order chi connectivity index (χ0) is 24.3. The van der Waals surface area contributed by atoms with Gasteiger partial charge >= 0.3 is 0 Å². The van der Waals surface area contributed by atoms with E-state index >= 15 is 0 Å². The van der Waals surface area contributed by atoms with Crippen LogP contribution < -0.4 is 10.2 Å². The summed E-state index contributed by atoms with van der Waals surface area (Å²) < 4.78 is 0. The number of hydrogen-bond donors (Lipinski definition) is 1. The zero-order valence-electron chi connectivity index (χ0n) is 20.9. The van der Waals surface area contributed by atoms with Crippen LogP contribution in [-0.2, 0) is 6.54 Å². The molecular formula is C30H35N5O. The number of anilines is 2. The highest BCUT2D eigenvalue weighted by atomic mass is 16.2. The van der Waals surface area contributed by atoms with E-state index in [9.17, 15) is 4.79 Å². The number of pyridine rings is 1. The average molecular weight is 482 g/mol. The molecule has 1 N–H and O–H groups in total. The van der Waals surface area contributed by atoms with E-state index in [2.05, 4.69) is 63.6 Å². The molecule has 2 saturated heterocycles. The SMILES string of the molecule is O=C(c1ccc(-c2cnc3c(c2)N(Cc2ccccc2)CCN3)cc1)N1CCC(N2CCCC2)CC1. The molecule has 1 aromatic heterocycles. The first-order chi connectivity index (χ1) is 17.7. The smallest absolute Gasteiger partial charge is 0.253 e. The minimum atomic E-state index is 0.156. The second-order valence-corrected chi connectivity index (χ2v) is 10.3. The van der Waals surface area contributed by atoms with Crippen molar-refractivity contribution in [2.45, 2.75) is 38.3 Å². The number of carbonyl (C=O) groups excluding carboxylic acids is 1. The van der Waals surface area contributed by atoms with Crippen LogP contribution in [0.5, 0.6) is 0 Å². The normalized spacial score (nSPS) is 18.7. The highest BCUT2D eigenvalue weighted by molar-refractivity contribution is 5.95. The number of nitrogens with zero attached hydrogens (tertiary/aromatic N) is 4. The summed E-state index contributed by atoms with van der Waals surface area (Å²) in [5.41, 5.74) is 5.35. The van der Waals surface area contributed by atoms with Crippen molar-refractivity contribution in [3.63, 3.8) is 0 Å². The van der Waals surface area contributed by atoms with Crippen LogP contribution in [0.1, 0.15) is 41.6 Å². The molecule has 3 aliphatic heterocycles. The van der Waals surface area contributed by atoms with Crippen molar-refractivity contribution in [3.8, 4) is 11.1 Å². The maximum absolute atomic E-state index is 13.2. The molecule has 3 aliphatic rings. The first-order valence-electron chi connectivity index (χ1n) is 13.4. The Kier molecular flexibility index (Phi) is 6.60. The highest BCUT2D eigenvalue weighted by Gasteiger charge is 2.28. The van der Waals surface area contributed by atoms with Crippen molar-refractivity contribution in [1.82, 2.24) is 14.8 Å². The van der Waals surface area contributed by atoms with Crippen molar-refractivity contribution < 1.29 is 4.79 Å². The van der Waals surface area contributed by atoms with Gasteiger partial charge in [-0.1, -0.05) is 42.5 Å². The number of rotatable bonds is 5. The van der Waals surface area contributed by atoms with E-state index in [-0.39, 0.29) is 5.91 Å². The summed E-state index contributed by atoms with van der Waals surface area (Å²) in [7, 11) is 0. The fourth-order valence-corrected chi connectivity index (χ4v) is 5.91. The molecule has 36 heavy (non-hydrogen) atoms. The zero-order valence-corrected chi connectivity index (χ0v) is 20.9. The molecule has 0 bridgehead atoms. The lowest BCUT2D eigenvalue weighted by Gasteiger charge is -2.36. The third-order valence-electron chi connectivity index (χ3n) is 7.97. The quantitative estimate of drug-likeness (QED) is 0.563. The third kappa shape index (κ3) is 4.82. The van der Waals surface area contributed by atoms with Crippen LogP contribution in [0.15, 0.2) is 66.9 Å². The Morgan fingerprint density at radius 2 is 1.64 bits per heavy atom. The predicted octanol–water partition coefficient (Wildman–Crippen LogP) is 4.88. The number of piperidine rings is 1. The van der Waals surface area contributed by atoms with Crippen LogP contribution in [-0.4, -0.2) is 66.0 Å². The minimum absolute atomic E-state index is 0.156. The molecule has 6 rings (SSSR count). The Labute approximate surface area is 213 Å². The minimum Gasteiger partial charge on any atom is -0.367 e. The van der Waals surface area contributed by atoms with Gasteiger partial charge in [0.25, 0.3) is 5.91 Å². The van der Waals surface area contributed by atoms with Gasteiger partial charge in [-0.3, -0.25) is 4.79 Å². The molecule has 0 spiro atoms. The van der Waals surface area contributed by atoms with Gasteiger partial charge < -0.3 is 20.0 Å². The number of likely N-dealkylation sites (tertiary alicyclic amines) is 2. The average Bonchev–Trinajstić information content (AvgIpc) is 3.49. The molecule has 0 radical (unpaired) electrons. The van der Waals surface area contributed by atoms with Gasteiger partial charge in [-0.15, -0.1) is 0 Å². The third-order valence-corrected chi connectivity index (χ3v) is 7.97. The molecule has 6 heteroatoms. The number of fused-ring (bicyclic) bond motifs is 1. The lowest BCUT2D eigenvalue weighted by Crippen LogP contribution is -2.45. The van der Waals surface area contributed by atoms with E-state index in [1.807, 2.05) is 23.2 Å². The topological polar surface area (TPSA) is 51.7 Å². The van der Waals surface area contributed by atoms with Gasteiger partial charge in [-0.2, -0.15) is 0 Å². The Hall–Kier alpha value is -3.38. The van der Waals surface area contributed by atoms with Crippen molar-refractivity contribution >= 4 is 17.4 Å². The van der Waals surface area contributed by atoms with Gasteiger partial charge in [-0.25, -0.2) is 4.98 Å². The van der Waals surface area contributed by atoms with E-state index < -0.39 is 0 Å². The second-order valence-electron chi connectivity index (χ2n) is 10.3. The van der Waals surface area contributed by atoms with Crippen molar-refractivity contribution in [2.24, 2.45) is 0 Å². The second kappa shape index (κ2) is 10.3. The summed E-state index contributed by atoms with van der Waals surface area (Å²) in [4.78, 5) is 24.9. The van der Waals surface area contributed by atoms with E-state index in [4.69, 9.17) is 4.98 Å². The van der Waals surface area contributed by atoms with Gasteiger partial charge in [0.2, 0.25) is 0 Å². The molecule has 3 aromatic rings. The Balaban J connectivity index is 1.14. The Morgan fingerprint density at radius 3 is 2.39 bits per heavy atom. The summed E-state index contributed by atoms with van der Waals surface area (Å²) in [6.07, 6.45) is 6.77. The van der Waals surface area contributed by atoms with Gasteiger partial charge in [0.05, 0.1) is 5.69 Å². The fourth-order valence-electron chi connectivity index (χ4n) is 5.91. The van der Waals surface area contributed by atoms with E-state index in [1.165, 1.54) is 31.5 Å². The first kappa shape index (κ1) is 23.0. The van der Waals surface area contributed by atoms with Gasteiger partial charge in [0.1, 0.15) is 5.82 Å². The Bertz CT molecular complexity index is 1180. The van der Waals surface area contributed by atoms with Crippen molar-refractivity contribution in [2.75, 3.05) is 49.5 Å². The standard InChI is InChI=1S/C30H35N5O/c36-30(34-17-12-27(13-18-34)33-15-4-5-16-33)25-10-8-24(9-11-25)26-20-28-29(32-21-26)31-14-19-35(28)22-23-6-2-1-3-7-23/h1-3,6-11,20-21,27H,4-5,12-19,22H2,(H,31,32). The molecule has 0 aliphatic carbocycles. The molecule has 0 saturated carbocycles. The molecule has 0 atom stereocenters. The van der Waals surface area contributed by atoms with E-state index in [0.717, 1.165) is 73.8 Å². The molecule has 6 nitrogen and oxygen atoms in total. The molecule has 2 aromatic carbocycles. The van der Waals surface area contributed by atoms with Crippen molar-refractivity contribution in [3.05, 3.63) is 78.0 Å². The summed E-state index contributed by atoms with van der Waals surface area (Å²) in [5.74, 6) is 1.09. The van der Waals surface area contributed by atoms with Crippen LogP contribution in [0.2, 0.25) is 0 Å². The summed E-state index contributed by atoms with van der Waals surface area (Å²) in [5, 5.41) is 3.43. The van der Waals surface area contributed by atoms with Crippen LogP contribution in [0.4, 0.5) is 11.5 Å². The lowest BCUT2D eigenvalue weighted by molar-refractivity contribution is 0.0644. The molecule has 1 amide bonds. The summed E-state index contributed by atoms with van der Waals surface area (Å²) in [6, 6.07) is 21.5. The number of nitrogens with one attached hydrogen (secondary N) is 1. The molecular weight excluding hydrogens is 446 g/mol. The van der Waals surface area contributed by atoms with E-state index in [1.54, 1.807) is 0 Å². The van der Waals surface area contributed by atoms with Gasteiger partial charge in [-0.05, 0) is 68.1 Å². The monoisotopic (exact) mass is 481 g/mol. The Morgan fingerprint density at radius 1 is 0.889 bits per heavy atom. The molecule has 186 valence electrons. The lowest BCUT2D eigenvalue weighted by atomic mass is 10.0. The van der Waals surface area contributed by atoms with Crippen LogP contribution >= 0.6 is 0 Å². The first-order valence-corrected chi connectivity index (χ1v) is 13.4. The largest absolute Gasteiger partial charge is 0.367 e. The summed E-state index contributed by atoms with van der Waals surface area (Å²) >= 11 is 0. The molecule has 2 fully saturated rings. The number of carbonyl (C=O) groups is 1. The number of amides is 1. The number of aromatic nitrogens is 1. The fraction of sp³-hybridized carbons (Fsp3) is 0.400. The van der Waals surface area contributed by atoms with Gasteiger partial charge in [0, 0.05) is 56.1 Å². The summed E-state index contributed by atoms with van der Waals surface area (Å²) in [6.45, 7) is 6.88. The maximum atomic E-state index is 13.2. The van der Waals surface area contributed by atoms with Crippen LogP contribution in [0.3, 0.4) is 0 Å². The highest BCUT2D eigenvalue weighted by Crippen LogP contribution is 2.33. The molecule has 4 heterocycles. The van der Waals surface area contributed by atoms with Crippen molar-refractivity contribution in [1.29, 1.82) is 0 Å². The number of benzene rings is 2. The number of hydrogen-bond acceptors (Lipinski definition) is 5. The van der Waals surface area contributed by atoms with Crippen LogP contribution in [0.25, 0.3) is 11.1 Å². The van der Waals surface area contributed by atoms with Gasteiger partial charge in [0.15, 0.2) is 0 Å². The van der Waals surface area contributed by atoms with Crippen LogP contribution in [0, 0.1) is 0 Å². The van der Waals surface area contributed by atoms with E-state index in [0.29, 0.717) is 6.04 Å². The predicted molar refractivity (Wildman–Crippen MR) is 145 cm³/mol. The maximum Gasteiger partial charge on any atom is 0.253 e.